The molecule has 0 aliphatic rings. The van der Waals surface area contributed by atoms with Crippen molar-refractivity contribution >= 4 is 5.91 Å². The van der Waals surface area contributed by atoms with Gasteiger partial charge in [0, 0.05) is 55.1 Å². The zero-order valence-corrected chi connectivity index (χ0v) is 18.1. The number of carbonyl (C=O) groups is 1. The van der Waals surface area contributed by atoms with Gasteiger partial charge in [-0.15, -0.1) is 0 Å². The Balaban J connectivity index is 1.45. The van der Waals surface area contributed by atoms with E-state index in [1.807, 2.05) is 71.5 Å². The molecule has 7 heteroatoms. The molecule has 2 aromatic carbocycles. The first-order chi connectivity index (χ1) is 16.2. The molecule has 5 aromatic rings. The maximum absolute atomic E-state index is 13.2. The summed E-state index contributed by atoms with van der Waals surface area (Å²) >= 11 is 0. The second kappa shape index (κ2) is 8.92. The quantitative estimate of drug-likeness (QED) is 0.397. The van der Waals surface area contributed by atoms with Crippen LogP contribution in [0.5, 0.6) is 0 Å². The van der Waals surface area contributed by atoms with E-state index in [4.69, 9.17) is 5.10 Å². The Morgan fingerprint density at radius 3 is 2.45 bits per heavy atom. The van der Waals surface area contributed by atoms with Gasteiger partial charge < -0.3 is 4.90 Å². The van der Waals surface area contributed by atoms with Gasteiger partial charge in [0.2, 0.25) is 0 Å². The standard InChI is InChI=1S/C26H22N6O/c1-30(26(33)21-12-13-28-24(16-21)31-15-14-27-19-31)17-22-18-32(23-10-6-3-7-11-23)29-25(22)20-8-4-2-5-9-20/h2-16,18-19H,17H2,1H3. The fourth-order valence-electron chi connectivity index (χ4n) is 3.71. The third-order valence-electron chi connectivity index (χ3n) is 5.37. The van der Waals surface area contributed by atoms with E-state index in [0.29, 0.717) is 17.9 Å². The van der Waals surface area contributed by atoms with Gasteiger partial charge in [-0.1, -0.05) is 48.5 Å². The summed E-state index contributed by atoms with van der Waals surface area (Å²) in [6.07, 6.45) is 8.76. The normalized spacial score (nSPS) is 10.8. The largest absolute Gasteiger partial charge is 0.337 e. The smallest absolute Gasteiger partial charge is 0.254 e. The lowest BCUT2D eigenvalue weighted by atomic mass is 10.1. The molecule has 0 atom stereocenters. The summed E-state index contributed by atoms with van der Waals surface area (Å²) in [6.45, 7) is 0.415. The van der Waals surface area contributed by atoms with Gasteiger partial charge in [-0.2, -0.15) is 5.10 Å². The van der Waals surface area contributed by atoms with Crippen molar-refractivity contribution in [3.8, 4) is 22.8 Å². The summed E-state index contributed by atoms with van der Waals surface area (Å²) in [5, 5.41) is 4.84. The molecule has 0 aliphatic carbocycles. The fourth-order valence-corrected chi connectivity index (χ4v) is 3.71. The van der Waals surface area contributed by atoms with Crippen molar-refractivity contribution in [1.29, 1.82) is 0 Å². The summed E-state index contributed by atoms with van der Waals surface area (Å²) in [4.78, 5) is 23.3. The molecule has 162 valence electrons. The Bertz CT molecular complexity index is 1360. The minimum atomic E-state index is -0.0924. The maximum atomic E-state index is 13.2. The van der Waals surface area contributed by atoms with Gasteiger partial charge in [0.25, 0.3) is 5.91 Å². The van der Waals surface area contributed by atoms with Gasteiger partial charge in [-0.3, -0.25) is 9.36 Å². The highest BCUT2D eigenvalue weighted by molar-refractivity contribution is 5.94. The number of hydrogen-bond acceptors (Lipinski definition) is 4. The number of imidazole rings is 1. The van der Waals surface area contributed by atoms with E-state index < -0.39 is 0 Å². The lowest BCUT2D eigenvalue weighted by Gasteiger charge is -2.17. The van der Waals surface area contributed by atoms with Crippen molar-refractivity contribution in [1.82, 2.24) is 29.2 Å². The molecule has 0 bridgehead atoms. The van der Waals surface area contributed by atoms with E-state index in [1.54, 1.807) is 53.6 Å². The van der Waals surface area contributed by atoms with Gasteiger partial charge >= 0.3 is 0 Å². The van der Waals surface area contributed by atoms with Gasteiger partial charge in [0.05, 0.1) is 11.4 Å². The van der Waals surface area contributed by atoms with E-state index in [2.05, 4.69) is 9.97 Å². The van der Waals surface area contributed by atoms with Crippen LogP contribution in [0.4, 0.5) is 0 Å². The molecular weight excluding hydrogens is 412 g/mol. The molecule has 3 heterocycles. The molecule has 0 N–H and O–H groups in total. The molecular formula is C26H22N6O. The van der Waals surface area contributed by atoms with Crippen LogP contribution < -0.4 is 0 Å². The van der Waals surface area contributed by atoms with Crippen molar-refractivity contribution in [2.24, 2.45) is 0 Å². The molecule has 0 fully saturated rings. The summed E-state index contributed by atoms with van der Waals surface area (Å²) in [6, 6.07) is 23.5. The minimum Gasteiger partial charge on any atom is -0.337 e. The first-order valence-corrected chi connectivity index (χ1v) is 10.6. The Kier molecular flexibility index (Phi) is 5.51. The van der Waals surface area contributed by atoms with Gasteiger partial charge in [-0.25, -0.2) is 14.6 Å². The minimum absolute atomic E-state index is 0.0924. The molecule has 0 spiro atoms. The van der Waals surface area contributed by atoms with E-state index >= 15 is 0 Å². The van der Waals surface area contributed by atoms with Crippen LogP contribution in [0.3, 0.4) is 0 Å². The number of carbonyl (C=O) groups excluding carboxylic acids is 1. The number of para-hydroxylation sites is 1. The number of aromatic nitrogens is 5. The predicted molar refractivity (Wildman–Crippen MR) is 126 cm³/mol. The van der Waals surface area contributed by atoms with Crippen molar-refractivity contribution in [3.63, 3.8) is 0 Å². The molecule has 0 saturated heterocycles. The van der Waals surface area contributed by atoms with E-state index in [-0.39, 0.29) is 5.91 Å². The third kappa shape index (κ3) is 4.29. The molecule has 0 aliphatic heterocycles. The predicted octanol–water partition coefficient (Wildman–Crippen LogP) is 4.39. The molecule has 33 heavy (non-hydrogen) atoms. The van der Waals surface area contributed by atoms with Crippen LogP contribution in [-0.4, -0.2) is 42.2 Å². The number of rotatable bonds is 6. The van der Waals surface area contributed by atoms with Crippen LogP contribution >= 0.6 is 0 Å². The highest BCUT2D eigenvalue weighted by atomic mass is 16.2. The fraction of sp³-hybridized carbons (Fsp3) is 0.0769. The molecule has 5 rings (SSSR count). The van der Waals surface area contributed by atoms with E-state index in [9.17, 15) is 4.79 Å². The van der Waals surface area contributed by atoms with Crippen LogP contribution in [0, 0.1) is 0 Å². The number of nitrogens with zero attached hydrogens (tertiary/aromatic N) is 6. The first-order valence-electron chi connectivity index (χ1n) is 10.6. The lowest BCUT2D eigenvalue weighted by molar-refractivity contribution is 0.0785. The molecule has 3 aromatic heterocycles. The van der Waals surface area contributed by atoms with Gasteiger partial charge in [0.1, 0.15) is 12.1 Å². The van der Waals surface area contributed by atoms with Crippen LogP contribution in [0.25, 0.3) is 22.8 Å². The summed E-state index contributed by atoms with van der Waals surface area (Å²) in [5.41, 5.74) is 4.36. The van der Waals surface area contributed by atoms with Gasteiger partial charge in [-0.05, 0) is 24.3 Å². The molecule has 7 nitrogen and oxygen atoms in total. The zero-order valence-electron chi connectivity index (χ0n) is 18.1. The number of benzene rings is 2. The lowest BCUT2D eigenvalue weighted by Crippen LogP contribution is -2.26. The molecule has 0 radical (unpaired) electrons. The monoisotopic (exact) mass is 434 g/mol. The summed E-state index contributed by atoms with van der Waals surface area (Å²) in [7, 11) is 1.80. The number of pyridine rings is 1. The van der Waals surface area contributed by atoms with E-state index in [1.165, 1.54) is 0 Å². The Morgan fingerprint density at radius 2 is 1.73 bits per heavy atom. The maximum Gasteiger partial charge on any atom is 0.254 e. The SMILES string of the molecule is CN(Cc1cn(-c2ccccc2)nc1-c1ccccc1)C(=O)c1ccnc(-n2ccnc2)c1. The van der Waals surface area contributed by atoms with Crippen molar-refractivity contribution in [2.45, 2.75) is 6.54 Å². The molecule has 1 amide bonds. The van der Waals surface area contributed by atoms with Crippen LogP contribution in [0.2, 0.25) is 0 Å². The second-order valence-electron chi connectivity index (χ2n) is 7.68. The number of amides is 1. The highest BCUT2D eigenvalue weighted by Crippen LogP contribution is 2.25. The Hall–Kier alpha value is -4.52. The topological polar surface area (TPSA) is 68.8 Å². The summed E-state index contributed by atoms with van der Waals surface area (Å²) in [5.74, 6) is 0.554. The average molecular weight is 435 g/mol. The highest BCUT2D eigenvalue weighted by Gasteiger charge is 2.18. The van der Waals surface area contributed by atoms with Crippen molar-refractivity contribution in [3.05, 3.63) is 115 Å². The van der Waals surface area contributed by atoms with Crippen molar-refractivity contribution in [2.75, 3.05) is 7.05 Å². The Morgan fingerprint density at radius 1 is 0.970 bits per heavy atom. The summed E-state index contributed by atoms with van der Waals surface area (Å²) < 4.78 is 3.63. The first kappa shape index (κ1) is 20.4. The van der Waals surface area contributed by atoms with Crippen molar-refractivity contribution < 1.29 is 4.79 Å². The second-order valence-corrected chi connectivity index (χ2v) is 7.68. The van der Waals surface area contributed by atoms with Crippen LogP contribution in [0.15, 0.2) is 104 Å². The van der Waals surface area contributed by atoms with E-state index in [0.717, 1.165) is 22.5 Å². The third-order valence-corrected chi connectivity index (χ3v) is 5.37. The molecule has 0 saturated carbocycles. The molecule has 0 unspecified atom stereocenters. The zero-order chi connectivity index (χ0) is 22.6. The van der Waals surface area contributed by atoms with Crippen LogP contribution in [0.1, 0.15) is 15.9 Å². The Labute approximate surface area is 191 Å². The average Bonchev–Trinajstić information content (AvgIpc) is 3.55. The van der Waals surface area contributed by atoms with Gasteiger partial charge in [0.15, 0.2) is 0 Å². The number of hydrogen-bond donors (Lipinski definition) is 0. The van der Waals surface area contributed by atoms with Crippen LogP contribution in [-0.2, 0) is 6.54 Å².